The van der Waals surface area contributed by atoms with Crippen LogP contribution in [0.2, 0.25) is 0 Å². The summed E-state index contributed by atoms with van der Waals surface area (Å²) in [5.41, 5.74) is 4.63. The van der Waals surface area contributed by atoms with Crippen LogP contribution in [0.4, 0.5) is 10.1 Å². The lowest BCUT2D eigenvalue weighted by Crippen LogP contribution is -2.43. The molecule has 3 N–H and O–H groups in total. The first-order valence-electron chi connectivity index (χ1n) is 5.12. The van der Waals surface area contributed by atoms with Crippen LogP contribution in [-0.4, -0.2) is 15.9 Å². The monoisotopic (exact) mass is 255 g/mol. The summed E-state index contributed by atoms with van der Waals surface area (Å²) >= 11 is 4.87. The third-order valence-corrected chi connectivity index (χ3v) is 3.22. The molecule has 1 amide bonds. The first-order chi connectivity index (χ1) is 7.91. The van der Waals surface area contributed by atoms with Gasteiger partial charge in [-0.3, -0.25) is 9.78 Å². The fraction of sp³-hybridized carbons (Fsp3) is 0.364. The van der Waals surface area contributed by atoms with Crippen molar-refractivity contribution in [1.82, 2.24) is 4.98 Å². The van der Waals surface area contributed by atoms with E-state index in [0.717, 1.165) is 6.20 Å². The van der Waals surface area contributed by atoms with E-state index in [2.05, 4.69) is 10.3 Å². The summed E-state index contributed by atoms with van der Waals surface area (Å²) in [6, 6.07) is 1.38. The van der Waals surface area contributed by atoms with Gasteiger partial charge in [0, 0.05) is 6.20 Å². The van der Waals surface area contributed by atoms with Gasteiger partial charge in [0.1, 0.15) is 0 Å². The lowest BCUT2D eigenvalue weighted by Gasteiger charge is -2.25. The molecule has 1 heterocycles. The Labute approximate surface area is 104 Å². The molecule has 0 radical (unpaired) electrons. The van der Waals surface area contributed by atoms with E-state index in [1.165, 1.54) is 12.3 Å². The van der Waals surface area contributed by atoms with E-state index < -0.39 is 17.1 Å². The second kappa shape index (κ2) is 5.18. The Morgan fingerprint density at radius 2 is 2.35 bits per heavy atom. The molecule has 1 aromatic rings. The average Bonchev–Trinajstić information content (AvgIpc) is 2.30. The summed E-state index contributed by atoms with van der Waals surface area (Å²) in [5.74, 6) is -1.01. The van der Waals surface area contributed by atoms with Gasteiger partial charge in [-0.05, 0) is 19.4 Å². The fourth-order valence-corrected chi connectivity index (χ4v) is 1.42. The third-order valence-electron chi connectivity index (χ3n) is 2.77. The molecule has 6 heteroatoms. The number of carbonyl (C=O) groups excluding carboxylic acids is 1. The molecule has 0 bridgehead atoms. The van der Waals surface area contributed by atoms with E-state index in [4.69, 9.17) is 18.0 Å². The Morgan fingerprint density at radius 3 is 2.82 bits per heavy atom. The molecule has 0 aliphatic carbocycles. The molecule has 0 spiro atoms. The molecule has 1 atom stereocenters. The zero-order valence-electron chi connectivity index (χ0n) is 9.66. The quantitative estimate of drug-likeness (QED) is 0.806. The first-order valence-corrected chi connectivity index (χ1v) is 5.53. The minimum atomic E-state index is -0.981. The highest BCUT2D eigenvalue weighted by atomic mass is 32.1. The van der Waals surface area contributed by atoms with Crippen LogP contribution in [-0.2, 0) is 4.79 Å². The number of aromatic nitrogens is 1. The summed E-state index contributed by atoms with van der Waals surface area (Å²) in [4.78, 5) is 15.7. The zero-order valence-corrected chi connectivity index (χ0v) is 10.5. The Morgan fingerprint density at radius 1 is 1.71 bits per heavy atom. The minimum Gasteiger partial charge on any atom is -0.392 e. The maximum absolute atomic E-state index is 13.3. The molecule has 0 aliphatic heterocycles. The van der Waals surface area contributed by atoms with Crippen molar-refractivity contribution in [2.75, 3.05) is 5.32 Å². The Balaban J connectivity index is 2.93. The summed E-state index contributed by atoms with van der Waals surface area (Å²) in [6.45, 7) is 3.42. The van der Waals surface area contributed by atoms with Gasteiger partial charge in [-0.25, -0.2) is 4.39 Å². The van der Waals surface area contributed by atoms with E-state index in [1.807, 2.05) is 0 Å². The highest BCUT2D eigenvalue weighted by molar-refractivity contribution is 7.80. The maximum atomic E-state index is 13.3. The molecule has 0 aliphatic rings. The highest BCUT2D eigenvalue weighted by Gasteiger charge is 2.34. The number of thiocarbonyl (C=S) groups is 1. The number of nitrogens with one attached hydrogen (secondary N) is 1. The Bertz CT molecular complexity index is 452. The van der Waals surface area contributed by atoms with Crippen molar-refractivity contribution in [2.45, 2.75) is 20.3 Å². The summed E-state index contributed by atoms with van der Waals surface area (Å²) in [5, 5.41) is 2.46. The van der Waals surface area contributed by atoms with Crippen molar-refractivity contribution in [3.63, 3.8) is 0 Å². The molecule has 4 nitrogen and oxygen atoms in total. The van der Waals surface area contributed by atoms with Gasteiger partial charge in [0.2, 0.25) is 5.91 Å². The molecule has 0 saturated carbocycles. The summed E-state index contributed by atoms with van der Waals surface area (Å²) < 4.78 is 13.3. The van der Waals surface area contributed by atoms with Gasteiger partial charge in [-0.15, -0.1) is 0 Å². The predicted octanol–water partition coefficient (Wildman–Crippen LogP) is 1.86. The zero-order chi connectivity index (χ0) is 13.1. The lowest BCUT2D eigenvalue weighted by atomic mass is 9.86. The van der Waals surface area contributed by atoms with Crippen molar-refractivity contribution in [3.05, 3.63) is 24.3 Å². The second-order valence-corrected chi connectivity index (χ2v) is 4.30. The second-order valence-electron chi connectivity index (χ2n) is 3.86. The van der Waals surface area contributed by atoms with Gasteiger partial charge < -0.3 is 11.1 Å². The SMILES string of the molecule is CCC(C)(C(=O)Nc1ccncc1F)C(N)=S. The van der Waals surface area contributed by atoms with Crippen LogP contribution >= 0.6 is 12.2 Å². The van der Waals surface area contributed by atoms with Gasteiger partial charge >= 0.3 is 0 Å². The van der Waals surface area contributed by atoms with E-state index in [9.17, 15) is 9.18 Å². The predicted molar refractivity (Wildman–Crippen MR) is 68.0 cm³/mol. The largest absolute Gasteiger partial charge is 0.392 e. The average molecular weight is 255 g/mol. The highest BCUT2D eigenvalue weighted by Crippen LogP contribution is 2.24. The molecule has 1 unspecified atom stereocenters. The lowest BCUT2D eigenvalue weighted by molar-refractivity contribution is -0.121. The van der Waals surface area contributed by atoms with E-state index in [0.29, 0.717) is 6.42 Å². The van der Waals surface area contributed by atoms with Gasteiger partial charge in [-0.2, -0.15) is 0 Å². The molecule has 17 heavy (non-hydrogen) atoms. The fourth-order valence-electron chi connectivity index (χ4n) is 1.18. The summed E-state index contributed by atoms with van der Waals surface area (Å²) in [6.07, 6.45) is 2.86. The maximum Gasteiger partial charge on any atom is 0.237 e. The van der Waals surface area contributed by atoms with Crippen LogP contribution in [0.5, 0.6) is 0 Å². The molecule has 92 valence electrons. The number of hydrogen-bond donors (Lipinski definition) is 2. The third kappa shape index (κ3) is 2.76. The number of halogens is 1. The van der Waals surface area contributed by atoms with Gasteiger partial charge in [0.15, 0.2) is 5.82 Å². The van der Waals surface area contributed by atoms with Crippen LogP contribution in [0.1, 0.15) is 20.3 Å². The number of amides is 1. The molecule has 0 saturated heterocycles. The van der Waals surface area contributed by atoms with Crippen molar-refractivity contribution in [1.29, 1.82) is 0 Å². The number of rotatable bonds is 4. The van der Waals surface area contributed by atoms with Crippen LogP contribution in [0.15, 0.2) is 18.5 Å². The number of anilines is 1. The van der Waals surface area contributed by atoms with E-state index in [1.54, 1.807) is 13.8 Å². The number of pyridine rings is 1. The molecule has 1 aromatic heterocycles. The number of hydrogen-bond acceptors (Lipinski definition) is 3. The van der Waals surface area contributed by atoms with Crippen molar-refractivity contribution in [3.8, 4) is 0 Å². The van der Waals surface area contributed by atoms with Gasteiger partial charge in [0.25, 0.3) is 0 Å². The number of carbonyl (C=O) groups is 1. The minimum absolute atomic E-state index is 0.0703. The Kier molecular flexibility index (Phi) is 4.11. The van der Waals surface area contributed by atoms with Crippen LogP contribution in [0, 0.1) is 11.2 Å². The van der Waals surface area contributed by atoms with Gasteiger partial charge in [-0.1, -0.05) is 19.1 Å². The van der Waals surface area contributed by atoms with E-state index in [-0.39, 0.29) is 10.7 Å². The van der Waals surface area contributed by atoms with Crippen LogP contribution in [0.3, 0.4) is 0 Å². The molecule has 1 rings (SSSR count). The molecular formula is C11H14FN3OS. The van der Waals surface area contributed by atoms with Crippen molar-refractivity contribution < 1.29 is 9.18 Å². The summed E-state index contributed by atoms with van der Waals surface area (Å²) in [7, 11) is 0. The molecular weight excluding hydrogens is 241 g/mol. The normalized spacial score (nSPS) is 13.8. The molecule has 0 fully saturated rings. The standard InChI is InChI=1S/C11H14FN3OS/c1-3-11(2,9(13)17)10(16)15-8-4-5-14-6-7(8)12/h4-6H,3H2,1-2H3,(H2,13,17)(H,14,15,16). The van der Waals surface area contributed by atoms with Crippen molar-refractivity contribution >= 4 is 28.8 Å². The first kappa shape index (κ1) is 13.5. The van der Waals surface area contributed by atoms with Crippen LogP contribution < -0.4 is 11.1 Å². The van der Waals surface area contributed by atoms with Crippen LogP contribution in [0.25, 0.3) is 0 Å². The van der Waals surface area contributed by atoms with E-state index >= 15 is 0 Å². The smallest absolute Gasteiger partial charge is 0.237 e. The topological polar surface area (TPSA) is 68.0 Å². The van der Waals surface area contributed by atoms with Gasteiger partial charge in [0.05, 0.1) is 22.3 Å². The number of nitrogens with two attached hydrogens (primary N) is 1. The van der Waals surface area contributed by atoms with Crippen molar-refractivity contribution in [2.24, 2.45) is 11.1 Å². The Hall–Kier alpha value is -1.56. The number of nitrogens with zero attached hydrogens (tertiary/aromatic N) is 1. The molecule has 0 aromatic carbocycles.